The molecule has 0 radical (unpaired) electrons. The van der Waals surface area contributed by atoms with E-state index in [0.29, 0.717) is 12.2 Å². The van der Waals surface area contributed by atoms with Gasteiger partial charge in [0.05, 0.1) is 13.3 Å². The zero-order valence-electron chi connectivity index (χ0n) is 14.2. The summed E-state index contributed by atoms with van der Waals surface area (Å²) in [6, 6.07) is 9.69. The number of carbonyl (C=O) groups excluding carboxylic acids is 2. The topological polar surface area (TPSA) is 101 Å². The van der Waals surface area contributed by atoms with Crippen LogP contribution in [0.3, 0.4) is 0 Å². The number of hydrogen-bond acceptors (Lipinski definition) is 5. The summed E-state index contributed by atoms with van der Waals surface area (Å²) >= 11 is 0. The van der Waals surface area contributed by atoms with Gasteiger partial charge in [-0.15, -0.1) is 0 Å². The molecule has 2 aromatic rings. The Balaban J connectivity index is 1.99. The van der Waals surface area contributed by atoms with Gasteiger partial charge < -0.3 is 20.5 Å². The van der Waals surface area contributed by atoms with E-state index in [-0.39, 0.29) is 24.0 Å². The van der Waals surface area contributed by atoms with Crippen LogP contribution in [0.5, 0.6) is 11.5 Å². The molecule has 2 amide bonds. The summed E-state index contributed by atoms with van der Waals surface area (Å²) in [5.41, 5.74) is 1.51. The van der Waals surface area contributed by atoms with Crippen molar-refractivity contribution in [1.82, 2.24) is 15.6 Å². The molecule has 1 atom stereocenters. The Labute approximate surface area is 146 Å². The molecule has 0 aliphatic heterocycles. The van der Waals surface area contributed by atoms with Gasteiger partial charge in [0.2, 0.25) is 11.8 Å². The highest BCUT2D eigenvalue weighted by molar-refractivity contribution is 5.87. The number of pyridine rings is 1. The molecule has 0 unspecified atom stereocenters. The average molecular weight is 343 g/mol. The first-order valence-corrected chi connectivity index (χ1v) is 7.79. The molecule has 0 aliphatic rings. The highest BCUT2D eigenvalue weighted by Gasteiger charge is 2.20. The summed E-state index contributed by atoms with van der Waals surface area (Å²) in [6.45, 7) is 1.69. The maximum absolute atomic E-state index is 12.4. The van der Waals surface area contributed by atoms with Gasteiger partial charge in [0, 0.05) is 25.6 Å². The molecule has 0 saturated carbocycles. The van der Waals surface area contributed by atoms with Crippen molar-refractivity contribution in [2.75, 3.05) is 7.11 Å². The number of aromatic nitrogens is 1. The van der Waals surface area contributed by atoms with Crippen molar-refractivity contribution < 1.29 is 19.4 Å². The van der Waals surface area contributed by atoms with E-state index in [1.807, 2.05) is 24.3 Å². The quantitative estimate of drug-likeness (QED) is 0.700. The maximum Gasteiger partial charge on any atom is 0.243 e. The van der Waals surface area contributed by atoms with Crippen LogP contribution >= 0.6 is 0 Å². The predicted molar refractivity (Wildman–Crippen MR) is 92.1 cm³/mol. The first kappa shape index (κ1) is 18.3. The van der Waals surface area contributed by atoms with Gasteiger partial charge in [0.25, 0.3) is 0 Å². The van der Waals surface area contributed by atoms with Gasteiger partial charge in [-0.05, 0) is 29.8 Å². The summed E-state index contributed by atoms with van der Waals surface area (Å²) in [5, 5.41) is 14.7. The predicted octanol–water partition coefficient (Wildman–Crippen LogP) is 1.16. The second kappa shape index (κ2) is 8.68. The van der Waals surface area contributed by atoms with E-state index in [9.17, 15) is 14.7 Å². The van der Waals surface area contributed by atoms with Crippen molar-refractivity contribution in [3.63, 3.8) is 0 Å². The Morgan fingerprint density at radius 2 is 1.92 bits per heavy atom. The third kappa shape index (κ3) is 5.80. The summed E-state index contributed by atoms with van der Waals surface area (Å²) in [6.07, 6.45) is 1.53. The number of nitrogens with one attached hydrogen (secondary N) is 2. The van der Waals surface area contributed by atoms with Gasteiger partial charge in [-0.25, -0.2) is 0 Å². The van der Waals surface area contributed by atoms with E-state index in [4.69, 9.17) is 4.74 Å². The molecule has 25 heavy (non-hydrogen) atoms. The fourth-order valence-electron chi connectivity index (χ4n) is 2.26. The second-order valence-corrected chi connectivity index (χ2v) is 5.53. The largest absolute Gasteiger partial charge is 0.506 e. The van der Waals surface area contributed by atoms with Crippen molar-refractivity contribution in [2.24, 2.45) is 0 Å². The van der Waals surface area contributed by atoms with Crippen molar-refractivity contribution in [3.8, 4) is 11.5 Å². The third-order valence-corrected chi connectivity index (χ3v) is 3.54. The van der Waals surface area contributed by atoms with E-state index in [0.717, 1.165) is 11.3 Å². The van der Waals surface area contributed by atoms with Gasteiger partial charge in [-0.3, -0.25) is 14.6 Å². The van der Waals surface area contributed by atoms with Crippen LogP contribution in [0.15, 0.2) is 42.6 Å². The lowest BCUT2D eigenvalue weighted by molar-refractivity contribution is -0.128. The summed E-state index contributed by atoms with van der Waals surface area (Å²) in [5.74, 6) is 0.178. The zero-order valence-corrected chi connectivity index (χ0v) is 14.2. The first-order valence-electron chi connectivity index (χ1n) is 7.79. The van der Waals surface area contributed by atoms with Crippen LogP contribution in [0.1, 0.15) is 18.2 Å². The van der Waals surface area contributed by atoms with Gasteiger partial charge in [-0.1, -0.05) is 12.1 Å². The first-order chi connectivity index (χ1) is 12.0. The Morgan fingerprint density at radius 3 is 2.48 bits per heavy atom. The summed E-state index contributed by atoms with van der Waals surface area (Å²) in [7, 11) is 1.59. The average Bonchev–Trinajstić information content (AvgIpc) is 2.61. The van der Waals surface area contributed by atoms with Gasteiger partial charge in [-0.2, -0.15) is 0 Å². The van der Waals surface area contributed by atoms with E-state index >= 15 is 0 Å². The van der Waals surface area contributed by atoms with Gasteiger partial charge >= 0.3 is 0 Å². The van der Waals surface area contributed by atoms with E-state index in [2.05, 4.69) is 15.6 Å². The van der Waals surface area contributed by atoms with Crippen LogP contribution in [0, 0.1) is 0 Å². The number of benzene rings is 1. The molecule has 7 heteroatoms. The maximum atomic E-state index is 12.4. The van der Waals surface area contributed by atoms with Crippen LogP contribution in [-0.4, -0.2) is 35.1 Å². The Hall–Kier alpha value is -3.09. The normalized spacial score (nSPS) is 11.4. The van der Waals surface area contributed by atoms with Crippen molar-refractivity contribution in [1.29, 1.82) is 0 Å². The number of amides is 2. The standard InChI is InChI=1S/C18H21N3O4/c1-12(22)21-17(9-14-5-6-15(23)11-19-14)18(24)20-10-13-3-7-16(25-2)8-4-13/h3-8,11,17,23H,9-10H2,1-2H3,(H,20,24)(H,21,22)/t17-/m0/s1. The molecule has 0 aliphatic carbocycles. The number of aromatic hydroxyl groups is 1. The molecule has 1 aromatic carbocycles. The summed E-state index contributed by atoms with van der Waals surface area (Å²) in [4.78, 5) is 27.9. The number of hydrogen-bond donors (Lipinski definition) is 3. The van der Waals surface area contributed by atoms with Crippen LogP contribution in [-0.2, 0) is 22.6 Å². The molecule has 2 rings (SSSR count). The number of ether oxygens (including phenoxy) is 1. The SMILES string of the molecule is COc1ccc(CNC(=O)[C@H](Cc2ccc(O)cn2)NC(C)=O)cc1. The third-order valence-electron chi connectivity index (χ3n) is 3.54. The monoisotopic (exact) mass is 343 g/mol. The lowest BCUT2D eigenvalue weighted by Crippen LogP contribution is -2.47. The molecule has 0 spiro atoms. The molecular weight excluding hydrogens is 322 g/mol. The number of carbonyl (C=O) groups is 2. The van der Waals surface area contributed by atoms with Crippen LogP contribution < -0.4 is 15.4 Å². The Bertz CT molecular complexity index is 714. The minimum atomic E-state index is -0.743. The van der Waals surface area contributed by atoms with Gasteiger partial charge in [0.15, 0.2) is 0 Å². The number of methoxy groups -OCH3 is 1. The fraction of sp³-hybridized carbons (Fsp3) is 0.278. The molecule has 1 heterocycles. The second-order valence-electron chi connectivity index (χ2n) is 5.53. The van der Waals surface area contributed by atoms with Crippen molar-refractivity contribution >= 4 is 11.8 Å². The minimum Gasteiger partial charge on any atom is -0.506 e. The highest BCUT2D eigenvalue weighted by Crippen LogP contribution is 2.11. The smallest absolute Gasteiger partial charge is 0.243 e. The fourth-order valence-corrected chi connectivity index (χ4v) is 2.26. The van der Waals surface area contributed by atoms with Crippen LogP contribution in [0.4, 0.5) is 0 Å². The molecule has 0 bridgehead atoms. The molecule has 1 aromatic heterocycles. The Morgan fingerprint density at radius 1 is 1.20 bits per heavy atom. The van der Waals surface area contributed by atoms with Crippen molar-refractivity contribution in [2.45, 2.75) is 25.9 Å². The lowest BCUT2D eigenvalue weighted by atomic mass is 10.1. The van der Waals surface area contributed by atoms with E-state index in [1.165, 1.54) is 19.2 Å². The number of nitrogens with zero attached hydrogens (tertiary/aromatic N) is 1. The molecule has 132 valence electrons. The van der Waals surface area contributed by atoms with E-state index < -0.39 is 6.04 Å². The van der Waals surface area contributed by atoms with Crippen LogP contribution in [0.25, 0.3) is 0 Å². The molecule has 3 N–H and O–H groups in total. The Kier molecular flexibility index (Phi) is 6.33. The highest BCUT2D eigenvalue weighted by atomic mass is 16.5. The lowest BCUT2D eigenvalue weighted by Gasteiger charge is -2.17. The molecule has 0 saturated heterocycles. The summed E-state index contributed by atoms with van der Waals surface area (Å²) < 4.78 is 5.09. The van der Waals surface area contributed by atoms with Crippen molar-refractivity contribution in [3.05, 3.63) is 53.9 Å². The van der Waals surface area contributed by atoms with Gasteiger partial charge in [0.1, 0.15) is 17.5 Å². The molecule has 0 fully saturated rings. The molecule has 7 nitrogen and oxygen atoms in total. The van der Waals surface area contributed by atoms with Crippen LogP contribution in [0.2, 0.25) is 0 Å². The molecular formula is C18H21N3O4. The number of rotatable bonds is 7. The minimum absolute atomic E-state index is 0.0452. The zero-order chi connectivity index (χ0) is 18.2. The van der Waals surface area contributed by atoms with E-state index in [1.54, 1.807) is 13.2 Å².